The normalized spacial score (nSPS) is 15.2. The van der Waals surface area contributed by atoms with Crippen LogP contribution in [-0.4, -0.2) is 41.7 Å². The van der Waals surface area contributed by atoms with Crippen molar-refractivity contribution in [1.29, 1.82) is 0 Å². The molecular formula is C19H22FN3OS. The van der Waals surface area contributed by atoms with Crippen LogP contribution >= 0.6 is 11.8 Å². The summed E-state index contributed by atoms with van der Waals surface area (Å²) in [6.45, 7) is 3.00. The van der Waals surface area contributed by atoms with Crippen LogP contribution in [0.25, 0.3) is 0 Å². The summed E-state index contributed by atoms with van der Waals surface area (Å²) in [4.78, 5) is 9.20. The van der Waals surface area contributed by atoms with Gasteiger partial charge in [-0.2, -0.15) is 0 Å². The molecule has 0 atom stereocenters. The van der Waals surface area contributed by atoms with Gasteiger partial charge >= 0.3 is 0 Å². The zero-order valence-electron chi connectivity index (χ0n) is 14.5. The fourth-order valence-corrected chi connectivity index (χ4v) is 3.39. The number of rotatable bonds is 5. The van der Waals surface area contributed by atoms with E-state index in [4.69, 9.17) is 4.74 Å². The summed E-state index contributed by atoms with van der Waals surface area (Å²) in [5, 5.41) is 1.05. The molecule has 0 unspecified atom stereocenters. The highest BCUT2D eigenvalue weighted by atomic mass is 32.2. The second-order valence-electron chi connectivity index (χ2n) is 5.93. The molecular weight excluding hydrogens is 337 g/mol. The summed E-state index contributed by atoms with van der Waals surface area (Å²) >= 11 is 1.67. The molecule has 132 valence electrons. The van der Waals surface area contributed by atoms with E-state index < -0.39 is 0 Å². The topological polar surface area (TPSA) is 28.1 Å². The molecule has 0 aliphatic carbocycles. The minimum Gasteiger partial charge on any atom is -0.497 e. The standard InChI is InChI=1S/C19H22FN3OS/c1-24-18-9-5-16(6-10-18)12-23-14-22(13-21-19(23)25-2)11-15-3-7-17(20)8-4-15/h3-10H,11-14H2,1-2H3. The lowest BCUT2D eigenvalue weighted by Crippen LogP contribution is -2.44. The lowest BCUT2D eigenvalue weighted by Gasteiger charge is -2.35. The van der Waals surface area contributed by atoms with Crippen LogP contribution in [0.3, 0.4) is 0 Å². The number of amidine groups is 1. The quantitative estimate of drug-likeness (QED) is 0.812. The van der Waals surface area contributed by atoms with Crippen molar-refractivity contribution >= 4 is 16.9 Å². The summed E-state index contributed by atoms with van der Waals surface area (Å²) in [5.41, 5.74) is 2.31. The van der Waals surface area contributed by atoms with Crippen LogP contribution < -0.4 is 4.74 Å². The molecule has 1 heterocycles. The summed E-state index contributed by atoms with van der Waals surface area (Å²) in [6, 6.07) is 14.8. The summed E-state index contributed by atoms with van der Waals surface area (Å²) in [6.07, 6.45) is 2.05. The predicted octanol–water partition coefficient (Wildman–Crippen LogP) is 3.79. The van der Waals surface area contributed by atoms with Crippen LogP contribution in [0, 0.1) is 5.82 Å². The molecule has 0 amide bonds. The molecule has 0 aromatic heterocycles. The van der Waals surface area contributed by atoms with Gasteiger partial charge in [0.2, 0.25) is 0 Å². The van der Waals surface area contributed by atoms with E-state index in [-0.39, 0.29) is 5.82 Å². The van der Waals surface area contributed by atoms with Gasteiger partial charge in [0.05, 0.1) is 20.4 Å². The number of ether oxygens (including phenoxy) is 1. The van der Waals surface area contributed by atoms with Crippen LogP contribution in [0.15, 0.2) is 53.5 Å². The van der Waals surface area contributed by atoms with Crippen molar-refractivity contribution in [3.05, 3.63) is 65.5 Å². The monoisotopic (exact) mass is 359 g/mol. The van der Waals surface area contributed by atoms with Crippen molar-refractivity contribution in [3.8, 4) is 5.75 Å². The third-order valence-electron chi connectivity index (χ3n) is 4.08. The molecule has 0 fully saturated rings. The SMILES string of the molecule is COc1ccc(CN2CN(Cc3ccc(F)cc3)CN=C2SC)cc1. The molecule has 0 saturated heterocycles. The van der Waals surface area contributed by atoms with Crippen molar-refractivity contribution < 1.29 is 9.13 Å². The molecule has 25 heavy (non-hydrogen) atoms. The Labute approximate surface area is 152 Å². The fraction of sp³-hybridized carbons (Fsp3) is 0.316. The molecule has 2 aromatic carbocycles. The number of benzene rings is 2. The Morgan fingerprint density at radius 2 is 1.68 bits per heavy atom. The van der Waals surface area contributed by atoms with Crippen molar-refractivity contribution in [2.45, 2.75) is 13.1 Å². The maximum atomic E-state index is 13.1. The van der Waals surface area contributed by atoms with Gasteiger partial charge in [-0.3, -0.25) is 4.90 Å². The van der Waals surface area contributed by atoms with Crippen LogP contribution in [0.4, 0.5) is 4.39 Å². The molecule has 1 aliphatic heterocycles. The Balaban J connectivity index is 1.67. The Hall–Kier alpha value is -2.05. The van der Waals surface area contributed by atoms with Gasteiger partial charge in [0.15, 0.2) is 5.17 Å². The van der Waals surface area contributed by atoms with Gasteiger partial charge < -0.3 is 9.64 Å². The Bertz CT molecular complexity index is 718. The number of aliphatic imine (C=N–C) groups is 1. The number of hydrogen-bond donors (Lipinski definition) is 0. The average Bonchev–Trinajstić information content (AvgIpc) is 2.64. The largest absolute Gasteiger partial charge is 0.497 e. The molecule has 1 aliphatic rings. The smallest absolute Gasteiger partial charge is 0.161 e. The number of methoxy groups -OCH3 is 1. The van der Waals surface area contributed by atoms with Gasteiger partial charge in [-0.15, -0.1) is 0 Å². The van der Waals surface area contributed by atoms with Crippen LogP contribution in [0.2, 0.25) is 0 Å². The van der Waals surface area contributed by atoms with Gasteiger partial charge in [0.1, 0.15) is 11.6 Å². The maximum Gasteiger partial charge on any atom is 0.161 e. The third kappa shape index (κ3) is 4.74. The number of hydrogen-bond acceptors (Lipinski definition) is 5. The first-order valence-electron chi connectivity index (χ1n) is 8.11. The first kappa shape index (κ1) is 17.8. The van der Waals surface area contributed by atoms with E-state index in [9.17, 15) is 4.39 Å². The van der Waals surface area contributed by atoms with Gasteiger partial charge in [0.25, 0.3) is 0 Å². The van der Waals surface area contributed by atoms with Crippen molar-refractivity contribution in [3.63, 3.8) is 0 Å². The van der Waals surface area contributed by atoms with E-state index >= 15 is 0 Å². The summed E-state index contributed by atoms with van der Waals surface area (Å²) in [5.74, 6) is 0.658. The maximum absolute atomic E-state index is 13.1. The highest BCUT2D eigenvalue weighted by Crippen LogP contribution is 2.19. The predicted molar refractivity (Wildman–Crippen MR) is 101 cm³/mol. The third-order valence-corrected chi connectivity index (χ3v) is 4.83. The minimum atomic E-state index is -0.203. The molecule has 0 bridgehead atoms. The van der Waals surface area contributed by atoms with Crippen molar-refractivity contribution in [2.24, 2.45) is 4.99 Å². The molecule has 0 radical (unpaired) electrons. The molecule has 2 aromatic rings. The summed E-state index contributed by atoms with van der Waals surface area (Å²) in [7, 11) is 1.67. The molecule has 3 rings (SSSR count). The number of halogens is 1. The van der Waals surface area contributed by atoms with E-state index in [1.807, 2.05) is 24.3 Å². The van der Waals surface area contributed by atoms with Gasteiger partial charge in [-0.05, 0) is 41.6 Å². The first-order valence-corrected chi connectivity index (χ1v) is 9.33. The molecule has 0 saturated carbocycles. The zero-order valence-corrected chi connectivity index (χ0v) is 15.3. The second kappa shape index (κ2) is 8.36. The highest BCUT2D eigenvalue weighted by molar-refractivity contribution is 8.13. The van der Waals surface area contributed by atoms with Crippen LogP contribution in [-0.2, 0) is 13.1 Å². The summed E-state index contributed by atoms with van der Waals surface area (Å²) < 4.78 is 18.3. The van der Waals surface area contributed by atoms with E-state index in [0.717, 1.165) is 36.2 Å². The van der Waals surface area contributed by atoms with E-state index in [0.29, 0.717) is 6.67 Å². The van der Waals surface area contributed by atoms with Gasteiger partial charge in [-0.1, -0.05) is 36.0 Å². The van der Waals surface area contributed by atoms with E-state index in [1.54, 1.807) is 18.9 Å². The van der Waals surface area contributed by atoms with Crippen molar-refractivity contribution in [1.82, 2.24) is 9.80 Å². The zero-order chi connectivity index (χ0) is 17.6. The highest BCUT2D eigenvalue weighted by Gasteiger charge is 2.20. The Morgan fingerprint density at radius 1 is 1.04 bits per heavy atom. The Kier molecular flexibility index (Phi) is 5.94. The molecule has 0 N–H and O–H groups in total. The molecule has 4 nitrogen and oxygen atoms in total. The van der Waals surface area contributed by atoms with Crippen molar-refractivity contribution in [2.75, 3.05) is 26.7 Å². The van der Waals surface area contributed by atoms with Crippen LogP contribution in [0.5, 0.6) is 5.75 Å². The molecule has 6 heteroatoms. The lowest BCUT2D eigenvalue weighted by molar-refractivity contribution is 0.164. The lowest BCUT2D eigenvalue weighted by atomic mass is 10.2. The Morgan fingerprint density at radius 3 is 2.32 bits per heavy atom. The first-order chi connectivity index (χ1) is 12.2. The number of nitrogens with zero attached hydrogens (tertiary/aromatic N) is 3. The second-order valence-corrected chi connectivity index (χ2v) is 6.70. The van der Waals surface area contributed by atoms with E-state index in [2.05, 4.69) is 33.2 Å². The minimum absolute atomic E-state index is 0.203. The van der Waals surface area contributed by atoms with Gasteiger partial charge in [0, 0.05) is 13.1 Å². The van der Waals surface area contributed by atoms with Gasteiger partial charge in [-0.25, -0.2) is 9.38 Å². The number of thioether (sulfide) groups is 1. The molecule has 0 spiro atoms. The average molecular weight is 359 g/mol. The fourth-order valence-electron chi connectivity index (χ4n) is 2.82. The van der Waals surface area contributed by atoms with Crippen LogP contribution in [0.1, 0.15) is 11.1 Å². The van der Waals surface area contributed by atoms with E-state index in [1.165, 1.54) is 17.7 Å².